The zero-order valence-corrected chi connectivity index (χ0v) is 13.3. The number of rotatable bonds is 6. The van der Waals surface area contributed by atoms with Gasteiger partial charge in [-0.2, -0.15) is 0 Å². The summed E-state index contributed by atoms with van der Waals surface area (Å²) in [6.45, 7) is 5.44. The minimum Gasteiger partial charge on any atom is -0.496 e. The highest BCUT2D eigenvalue weighted by Crippen LogP contribution is 2.39. The van der Waals surface area contributed by atoms with Gasteiger partial charge in [0.15, 0.2) is 0 Å². The second-order valence-corrected chi connectivity index (χ2v) is 5.11. The summed E-state index contributed by atoms with van der Waals surface area (Å²) >= 11 is 6.25. The van der Waals surface area contributed by atoms with Crippen molar-refractivity contribution in [1.29, 1.82) is 0 Å². The molecule has 0 heterocycles. The standard InChI is InChI=1S/C17H17ClO4/c1-11(2)17(19)22-9-8-21-16-13-7-5-4-6-12(13)15(20-3)10-14(16)18/h4-7,10H,1,8-9H2,2-3H3. The van der Waals surface area contributed by atoms with E-state index in [9.17, 15) is 4.79 Å². The number of halogens is 1. The Morgan fingerprint density at radius 3 is 2.55 bits per heavy atom. The number of hydrogen-bond acceptors (Lipinski definition) is 4. The highest BCUT2D eigenvalue weighted by Gasteiger charge is 2.12. The summed E-state index contributed by atoms with van der Waals surface area (Å²) in [5.41, 5.74) is 0.355. The van der Waals surface area contributed by atoms with Gasteiger partial charge >= 0.3 is 5.97 Å². The van der Waals surface area contributed by atoms with Crippen molar-refractivity contribution in [1.82, 2.24) is 0 Å². The van der Waals surface area contributed by atoms with Crippen molar-refractivity contribution in [3.8, 4) is 11.5 Å². The second kappa shape index (κ2) is 7.18. The molecule has 0 aliphatic rings. The molecule has 116 valence electrons. The van der Waals surface area contributed by atoms with Crippen LogP contribution in [0, 0.1) is 0 Å². The quantitative estimate of drug-likeness (QED) is 0.458. The van der Waals surface area contributed by atoms with Gasteiger partial charge in [0.05, 0.1) is 12.1 Å². The van der Waals surface area contributed by atoms with Crippen LogP contribution in [0.1, 0.15) is 6.92 Å². The minimum absolute atomic E-state index is 0.127. The number of carbonyl (C=O) groups is 1. The molecular weight excluding hydrogens is 304 g/mol. The highest BCUT2D eigenvalue weighted by atomic mass is 35.5. The molecule has 0 bridgehead atoms. The third-order valence-corrected chi connectivity index (χ3v) is 3.32. The monoisotopic (exact) mass is 320 g/mol. The molecule has 2 aromatic rings. The van der Waals surface area contributed by atoms with Gasteiger partial charge in [0.1, 0.15) is 24.7 Å². The molecule has 0 fully saturated rings. The highest BCUT2D eigenvalue weighted by molar-refractivity contribution is 6.33. The number of esters is 1. The number of benzene rings is 2. The first-order valence-electron chi connectivity index (χ1n) is 6.75. The lowest BCUT2D eigenvalue weighted by atomic mass is 10.1. The molecule has 0 atom stereocenters. The molecule has 2 aromatic carbocycles. The predicted molar refractivity (Wildman–Crippen MR) is 86.8 cm³/mol. The topological polar surface area (TPSA) is 44.8 Å². The van der Waals surface area contributed by atoms with Crippen molar-refractivity contribution in [2.75, 3.05) is 20.3 Å². The van der Waals surface area contributed by atoms with Crippen LogP contribution in [0.4, 0.5) is 0 Å². The molecule has 0 aromatic heterocycles. The van der Waals surface area contributed by atoms with Crippen molar-refractivity contribution in [3.05, 3.63) is 47.5 Å². The van der Waals surface area contributed by atoms with Crippen molar-refractivity contribution >= 4 is 28.3 Å². The van der Waals surface area contributed by atoms with Crippen LogP contribution in [0.3, 0.4) is 0 Å². The normalized spacial score (nSPS) is 10.3. The fourth-order valence-electron chi connectivity index (χ4n) is 2.00. The van der Waals surface area contributed by atoms with E-state index in [-0.39, 0.29) is 13.2 Å². The first-order chi connectivity index (χ1) is 10.5. The number of fused-ring (bicyclic) bond motifs is 1. The van der Waals surface area contributed by atoms with Crippen LogP contribution in [0.2, 0.25) is 5.02 Å². The Kier molecular flexibility index (Phi) is 5.28. The fraction of sp³-hybridized carbons (Fsp3) is 0.235. The molecule has 0 saturated carbocycles. The Labute approximate surface area is 134 Å². The van der Waals surface area contributed by atoms with E-state index in [4.69, 9.17) is 25.8 Å². The summed E-state index contributed by atoms with van der Waals surface area (Å²) in [7, 11) is 1.59. The molecule has 2 rings (SSSR count). The van der Waals surface area contributed by atoms with Gasteiger partial charge in [-0.05, 0) is 6.92 Å². The van der Waals surface area contributed by atoms with Crippen LogP contribution in [-0.4, -0.2) is 26.3 Å². The minimum atomic E-state index is -0.436. The van der Waals surface area contributed by atoms with Crippen LogP contribution < -0.4 is 9.47 Å². The number of methoxy groups -OCH3 is 1. The summed E-state index contributed by atoms with van der Waals surface area (Å²) in [5.74, 6) is 0.792. The third kappa shape index (κ3) is 3.52. The van der Waals surface area contributed by atoms with E-state index in [1.165, 1.54) is 0 Å². The molecule has 0 aliphatic carbocycles. The van der Waals surface area contributed by atoms with E-state index in [1.807, 2.05) is 24.3 Å². The maximum absolute atomic E-state index is 11.3. The molecule has 0 spiro atoms. The Bertz CT molecular complexity index is 709. The van der Waals surface area contributed by atoms with Crippen LogP contribution in [0.25, 0.3) is 10.8 Å². The second-order valence-electron chi connectivity index (χ2n) is 4.70. The molecule has 4 nitrogen and oxygen atoms in total. The van der Waals surface area contributed by atoms with Crippen molar-refractivity contribution in [2.45, 2.75) is 6.92 Å². The Balaban J connectivity index is 2.16. The Morgan fingerprint density at radius 1 is 1.23 bits per heavy atom. The van der Waals surface area contributed by atoms with Crippen molar-refractivity contribution in [3.63, 3.8) is 0 Å². The molecule has 0 N–H and O–H groups in total. The van der Waals surface area contributed by atoms with Gasteiger partial charge in [0.25, 0.3) is 0 Å². The van der Waals surface area contributed by atoms with E-state index in [2.05, 4.69) is 6.58 Å². The lowest BCUT2D eigenvalue weighted by molar-refractivity contribution is -0.139. The summed E-state index contributed by atoms with van der Waals surface area (Å²) in [5, 5.41) is 2.20. The van der Waals surface area contributed by atoms with Gasteiger partial charge in [0, 0.05) is 22.4 Å². The van der Waals surface area contributed by atoms with E-state index >= 15 is 0 Å². The van der Waals surface area contributed by atoms with Crippen LogP contribution in [0.15, 0.2) is 42.5 Å². The SMILES string of the molecule is C=C(C)C(=O)OCCOc1c(Cl)cc(OC)c2ccccc12. The van der Waals surface area contributed by atoms with Crippen LogP contribution in [-0.2, 0) is 9.53 Å². The zero-order valence-electron chi connectivity index (χ0n) is 12.5. The lowest BCUT2D eigenvalue weighted by Gasteiger charge is -2.14. The Morgan fingerprint density at radius 2 is 1.91 bits per heavy atom. The summed E-state index contributed by atoms with van der Waals surface area (Å²) in [6.07, 6.45) is 0. The van der Waals surface area contributed by atoms with Crippen molar-refractivity contribution in [2.24, 2.45) is 0 Å². The molecule has 5 heteroatoms. The number of hydrogen-bond donors (Lipinski definition) is 0. The van der Waals surface area contributed by atoms with Gasteiger partial charge < -0.3 is 14.2 Å². The van der Waals surface area contributed by atoms with Gasteiger partial charge in [-0.15, -0.1) is 0 Å². The van der Waals surface area contributed by atoms with E-state index in [0.29, 0.717) is 22.1 Å². The number of carbonyl (C=O) groups excluding carboxylic acids is 1. The van der Waals surface area contributed by atoms with E-state index in [1.54, 1.807) is 20.1 Å². The van der Waals surface area contributed by atoms with Gasteiger partial charge in [-0.25, -0.2) is 4.79 Å². The zero-order chi connectivity index (χ0) is 16.1. The molecule has 0 amide bonds. The maximum Gasteiger partial charge on any atom is 0.333 e. The van der Waals surface area contributed by atoms with Gasteiger partial charge in [-0.3, -0.25) is 0 Å². The summed E-state index contributed by atoms with van der Waals surface area (Å²) < 4.78 is 16.0. The molecule has 22 heavy (non-hydrogen) atoms. The van der Waals surface area contributed by atoms with E-state index < -0.39 is 5.97 Å². The first kappa shape index (κ1) is 16.2. The maximum atomic E-state index is 11.3. The molecule has 0 saturated heterocycles. The fourth-order valence-corrected chi connectivity index (χ4v) is 2.26. The summed E-state index contributed by atoms with van der Waals surface area (Å²) in [4.78, 5) is 11.3. The molecule has 0 aliphatic heterocycles. The average molecular weight is 321 g/mol. The van der Waals surface area contributed by atoms with Gasteiger partial charge in [0.2, 0.25) is 0 Å². The first-order valence-corrected chi connectivity index (χ1v) is 7.13. The van der Waals surface area contributed by atoms with Crippen LogP contribution >= 0.6 is 11.6 Å². The van der Waals surface area contributed by atoms with Gasteiger partial charge in [-0.1, -0.05) is 42.4 Å². The largest absolute Gasteiger partial charge is 0.496 e. The summed E-state index contributed by atoms with van der Waals surface area (Å²) in [6, 6.07) is 9.35. The third-order valence-electron chi connectivity index (χ3n) is 3.04. The van der Waals surface area contributed by atoms with Crippen LogP contribution in [0.5, 0.6) is 11.5 Å². The van der Waals surface area contributed by atoms with E-state index in [0.717, 1.165) is 10.8 Å². The molecule has 0 radical (unpaired) electrons. The smallest absolute Gasteiger partial charge is 0.333 e. The Hall–Kier alpha value is -2.20. The number of ether oxygens (including phenoxy) is 3. The molecule has 0 unspecified atom stereocenters. The average Bonchev–Trinajstić information content (AvgIpc) is 2.52. The van der Waals surface area contributed by atoms with Crippen molar-refractivity contribution < 1.29 is 19.0 Å². The predicted octanol–water partition coefficient (Wildman–Crippen LogP) is 4.00. The lowest BCUT2D eigenvalue weighted by Crippen LogP contribution is -2.12. The molecular formula is C17H17ClO4.